The van der Waals surface area contributed by atoms with Gasteiger partial charge in [-0.15, -0.1) is 6.58 Å². The van der Waals surface area contributed by atoms with Crippen molar-refractivity contribution in [3.63, 3.8) is 0 Å². The number of ether oxygens (including phenoxy) is 1. The summed E-state index contributed by atoms with van der Waals surface area (Å²) in [5.41, 5.74) is 3.71. The van der Waals surface area contributed by atoms with Crippen LogP contribution in [0.1, 0.15) is 34.8 Å². The molecule has 2 aromatic carbocycles. The van der Waals surface area contributed by atoms with Gasteiger partial charge in [0.1, 0.15) is 5.75 Å². The molecule has 6 heteroatoms. The summed E-state index contributed by atoms with van der Waals surface area (Å²) in [5.74, 6) is 1.84. The van der Waals surface area contributed by atoms with Crippen LogP contribution < -0.4 is 15.0 Å². The molecule has 6 rings (SSSR count). The highest BCUT2D eigenvalue weighted by Gasteiger charge is 2.43. The normalized spacial score (nSPS) is 24.1. The molecular weight excluding hydrogens is 436 g/mol. The predicted octanol–water partition coefficient (Wildman–Crippen LogP) is 4.68. The van der Waals surface area contributed by atoms with E-state index in [0.717, 1.165) is 47.4 Å². The molecule has 3 fully saturated rings. The first-order valence-electron chi connectivity index (χ1n) is 12.4. The Bertz CT molecular complexity index is 1220. The number of piperidine rings is 3. The molecule has 1 aromatic heterocycles. The van der Waals surface area contributed by atoms with Gasteiger partial charge in [0.05, 0.1) is 18.7 Å². The Morgan fingerprint density at radius 1 is 1.23 bits per heavy atom. The molecule has 1 amide bonds. The number of pyridine rings is 1. The molecule has 0 aliphatic carbocycles. The highest BCUT2D eigenvalue weighted by atomic mass is 16.5. The fourth-order valence-electron chi connectivity index (χ4n) is 5.79. The number of carbonyl (C=O) groups is 1. The average molecular weight is 471 g/mol. The molecule has 35 heavy (non-hydrogen) atoms. The van der Waals surface area contributed by atoms with Crippen LogP contribution in [-0.4, -0.2) is 56.1 Å². The number of hydrogen-bond donors (Lipinski definition) is 1. The van der Waals surface area contributed by atoms with E-state index >= 15 is 0 Å². The summed E-state index contributed by atoms with van der Waals surface area (Å²) in [6.45, 7) is 6.12. The highest BCUT2D eigenvalue weighted by Crippen LogP contribution is 2.42. The van der Waals surface area contributed by atoms with E-state index in [1.807, 2.05) is 67.7 Å². The maximum atomic E-state index is 13.5. The summed E-state index contributed by atoms with van der Waals surface area (Å²) in [4.78, 5) is 22.7. The number of aromatic nitrogens is 1. The molecular formula is C29H34N4O2. The largest absolute Gasteiger partial charge is 0.497 e. The SMILES string of the molecule is C=C[C@H]1CN2CC[C@H]1C[C@H]2[C@@H](NC(=O)c1ccc(N(C)C)cc1)c1ccnc2ccc(OC)cc12. The number of methoxy groups -OCH3 is 1. The lowest BCUT2D eigenvalue weighted by atomic mass is 9.73. The minimum atomic E-state index is -0.165. The molecule has 4 heterocycles. The number of rotatable bonds is 7. The first kappa shape index (κ1) is 23.4. The molecule has 182 valence electrons. The van der Waals surface area contributed by atoms with E-state index < -0.39 is 0 Å². The summed E-state index contributed by atoms with van der Waals surface area (Å²) >= 11 is 0. The van der Waals surface area contributed by atoms with Crippen molar-refractivity contribution in [2.24, 2.45) is 11.8 Å². The Morgan fingerprint density at radius 2 is 2.03 bits per heavy atom. The third kappa shape index (κ3) is 4.50. The van der Waals surface area contributed by atoms with Gasteiger partial charge in [0, 0.05) is 49.5 Å². The third-order valence-corrected chi connectivity index (χ3v) is 7.79. The van der Waals surface area contributed by atoms with Gasteiger partial charge in [0.25, 0.3) is 5.91 Å². The minimum Gasteiger partial charge on any atom is -0.497 e. The molecule has 0 saturated carbocycles. The van der Waals surface area contributed by atoms with Crippen molar-refractivity contribution < 1.29 is 9.53 Å². The molecule has 1 unspecified atom stereocenters. The van der Waals surface area contributed by atoms with E-state index in [4.69, 9.17) is 4.74 Å². The van der Waals surface area contributed by atoms with Crippen molar-refractivity contribution in [3.8, 4) is 5.75 Å². The molecule has 6 nitrogen and oxygen atoms in total. The van der Waals surface area contributed by atoms with Crippen molar-refractivity contribution in [1.82, 2.24) is 15.2 Å². The van der Waals surface area contributed by atoms with Crippen molar-refractivity contribution >= 4 is 22.5 Å². The number of carbonyl (C=O) groups excluding carboxylic acids is 1. The number of amides is 1. The van der Waals surface area contributed by atoms with Gasteiger partial charge in [-0.3, -0.25) is 14.7 Å². The summed E-state index contributed by atoms with van der Waals surface area (Å²) in [5, 5.41) is 4.44. The van der Waals surface area contributed by atoms with E-state index in [0.29, 0.717) is 17.4 Å². The number of nitrogens with zero attached hydrogens (tertiary/aromatic N) is 3. The fourth-order valence-corrected chi connectivity index (χ4v) is 5.79. The van der Waals surface area contributed by atoms with Crippen LogP contribution in [0.4, 0.5) is 5.69 Å². The van der Waals surface area contributed by atoms with Crippen LogP contribution >= 0.6 is 0 Å². The lowest BCUT2D eigenvalue weighted by Crippen LogP contribution is -2.57. The van der Waals surface area contributed by atoms with Crippen LogP contribution in [0.15, 0.2) is 67.4 Å². The van der Waals surface area contributed by atoms with Gasteiger partial charge in [0.15, 0.2) is 0 Å². The van der Waals surface area contributed by atoms with Crippen LogP contribution in [0.5, 0.6) is 5.75 Å². The van der Waals surface area contributed by atoms with Crippen LogP contribution in [0.3, 0.4) is 0 Å². The Morgan fingerprint density at radius 3 is 2.69 bits per heavy atom. The van der Waals surface area contributed by atoms with Crippen molar-refractivity contribution in [3.05, 3.63) is 78.5 Å². The third-order valence-electron chi connectivity index (χ3n) is 7.79. The zero-order valence-electron chi connectivity index (χ0n) is 20.8. The van der Waals surface area contributed by atoms with Gasteiger partial charge < -0.3 is 15.0 Å². The van der Waals surface area contributed by atoms with Crippen molar-refractivity contribution in [2.75, 3.05) is 39.2 Å². The number of nitrogens with one attached hydrogen (secondary N) is 1. The summed E-state index contributed by atoms with van der Waals surface area (Å²) in [6, 6.07) is 15.8. The number of fused-ring (bicyclic) bond motifs is 4. The van der Waals surface area contributed by atoms with E-state index in [1.54, 1.807) is 7.11 Å². The standard InChI is InChI=1S/C29H34N4O2/c1-5-19-18-33-15-13-21(19)16-27(33)28(31-29(34)20-6-8-22(9-7-20)32(2)3)24-12-14-30-26-11-10-23(35-4)17-25(24)26/h5-12,14,17,19,21,27-28H,1,13,15-16,18H2,2-4H3,(H,31,34)/t19-,21-,27-,28-/m0/s1. The molecule has 3 aromatic rings. The Balaban J connectivity index is 1.53. The molecule has 1 N–H and O–H groups in total. The van der Waals surface area contributed by atoms with Gasteiger partial charge >= 0.3 is 0 Å². The Labute approximate surface area is 207 Å². The van der Waals surface area contributed by atoms with E-state index in [-0.39, 0.29) is 18.0 Å². The maximum Gasteiger partial charge on any atom is 0.251 e. The molecule has 2 bridgehead atoms. The van der Waals surface area contributed by atoms with Crippen LogP contribution in [0.25, 0.3) is 10.9 Å². The summed E-state index contributed by atoms with van der Waals surface area (Å²) < 4.78 is 5.52. The van der Waals surface area contributed by atoms with Gasteiger partial charge in [0.2, 0.25) is 0 Å². The van der Waals surface area contributed by atoms with Crippen LogP contribution in [0.2, 0.25) is 0 Å². The second kappa shape index (κ2) is 9.70. The summed E-state index contributed by atoms with van der Waals surface area (Å²) in [7, 11) is 5.67. The highest BCUT2D eigenvalue weighted by molar-refractivity contribution is 5.95. The number of anilines is 1. The molecule has 3 aliphatic rings. The van der Waals surface area contributed by atoms with Crippen molar-refractivity contribution in [1.29, 1.82) is 0 Å². The number of benzene rings is 2. The average Bonchev–Trinajstić information content (AvgIpc) is 2.91. The molecule has 0 radical (unpaired) electrons. The predicted molar refractivity (Wildman–Crippen MR) is 141 cm³/mol. The minimum absolute atomic E-state index is 0.0592. The first-order valence-corrected chi connectivity index (χ1v) is 12.4. The van der Waals surface area contributed by atoms with Crippen LogP contribution in [-0.2, 0) is 0 Å². The fraction of sp³-hybridized carbons (Fsp3) is 0.379. The van der Waals surface area contributed by atoms with Gasteiger partial charge in [-0.1, -0.05) is 6.08 Å². The lowest BCUT2D eigenvalue weighted by molar-refractivity contribution is 0.00171. The van der Waals surface area contributed by atoms with E-state index in [9.17, 15) is 4.79 Å². The topological polar surface area (TPSA) is 57.7 Å². The Hall–Kier alpha value is -3.38. The van der Waals surface area contributed by atoms with Gasteiger partial charge in [-0.2, -0.15) is 0 Å². The van der Waals surface area contributed by atoms with E-state index in [2.05, 4.69) is 33.9 Å². The first-order chi connectivity index (χ1) is 17.0. The zero-order valence-corrected chi connectivity index (χ0v) is 20.8. The quantitative estimate of drug-likeness (QED) is 0.508. The molecule has 3 aliphatic heterocycles. The summed E-state index contributed by atoms with van der Waals surface area (Å²) in [6.07, 6.45) is 6.18. The molecule has 5 atom stereocenters. The lowest BCUT2D eigenvalue weighted by Gasteiger charge is -2.51. The zero-order chi connectivity index (χ0) is 24.5. The maximum absolute atomic E-state index is 13.5. The molecule has 3 saturated heterocycles. The second-order valence-corrected chi connectivity index (χ2v) is 9.92. The smallest absolute Gasteiger partial charge is 0.251 e. The number of hydrogen-bond acceptors (Lipinski definition) is 5. The monoisotopic (exact) mass is 470 g/mol. The van der Waals surface area contributed by atoms with Crippen LogP contribution in [0, 0.1) is 11.8 Å². The second-order valence-electron chi connectivity index (χ2n) is 9.92. The van der Waals surface area contributed by atoms with Gasteiger partial charge in [-0.25, -0.2) is 0 Å². The van der Waals surface area contributed by atoms with Crippen molar-refractivity contribution in [2.45, 2.75) is 24.9 Å². The Kier molecular flexibility index (Phi) is 6.48. The molecule has 0 spiro atoms. The van der Waals surface area contributed by atoms with Gasteiger partial charge in [-0.05, 0) is 85.3 Å². The van der Waals surface area contributed by atoms with E-state index in [1.165, 1.54) is 6.42 Å².